The quantitative estimate of drug-likeness (QED) is 0.563. The van der Waals surface area contributed by atoms with Crippen LogP contribution in [0.15, 0.2) is 12.1 Å². The van der Waals surface area contributed by atoms with Crippen LogP contribution in [-0.4, -0.2) is 27.2 Å². The summed E-state index contributed by atoms with van der Waals surface area (Å²) in [4.78, 5) is 27.1. The molecule has 0 saturated heterocycles. The van der Waals surface area contributed by atoms with E-state index in [1.54, 1.807) is 6.07 Å². The molecular weight excluding hydrogens is 347 g/mol. The molecule has 2 aromatic rings. The third kappa shape index (κ3) is 4.63. The molecule has 2 heterocycles. The molecule has 0 aliphatic rings. The Hall–Kier alpha value is -2.75. The molecule has 10 heteroatoms. The number of nitrogens with two attached hydrogens (primary N) is 2. The lowest BCUT2D eigenvalue weighted by atomic mass is 10.1. The summed E-state index contributed by atoms with van der Waals surface area (Å²) in [6.07, 6.45) is 1.09. The average molecular weight is 366 g/mol. The van der Waals surface area contributed by atoms with Crippen LogP contribution >= 0.6 is 11.5 Å². The maximum absolute atomic E-state index is 14.3. The molecule has 0 aliphatic carbocycles. The molecule has 2 aromatic heterocycles. The Labute approximate surface area is 148 Å². The highest BCUT2D eigenvalue weighted by Gasteiger charge is 2.21. The van der Waals surface area contributed by atoms with Crippen LogP contribution in [0.25, 0.3) is 0 Å². The Kier molecular flexibility index (Phi) is 5.86. The first-order valence-corrected chi connectivity index (χ1v) is 8.35. The minimum Gasteiger partial charge on any atom is -0.368 e. The zero-order chi connectivity index (χ0) is 18.6. The molecule has 25 heavy (non-hydrogen) atoms. The van der Waals surface area contributed by atoms with Crippen molar-refractivity contribution in [3.63, 3.8) is 0 Å². The van der Waals surface area contributed by atoms with Gasteiger partial charge in [-0.25, -0.2) is 9.37 Å². The SMILES string of the molecule is CCCC(Nc1nc(Nc2cc(C)ns2)c(C(N)=O)cc1F)C(N)=O. The van der Waals surface area contributed by atoms with Gasteiger partial charge in [0.15, 0.2) is 11.6 Å². The number of carbonyl (C=O) groups is 2. The number of pyridine rings is 1. The predicted octanol–water partition coefficient (Wildman–Crippen LogP) is 1.89. The maximum Gasteiger partial charge on any atom is 0.252 e. The van der Waals surface area contributed by atoms with E-state index in [1.807, 2.05) is 13.8 Å². The van der Waals surface area contributed by atoms with E-state index in [-0.39, 0.29) is 17.2 Å². The van der Waals surface area contributed by atoms with Crippen LogP contribution in [0.4, 0.5) is 21.0 Å². The van der Waals surface area contributed by atoms with Gasteiger partial charge in [0.2, 0.25) is 5.91 Å². The summed E-state index contributed by atoms with van der Waals surface area (Å²) in [5.74, 6) is -2.37. The molecule has 1 unspecified atom stereocenters. The number of rotatable bonds is 8. The Morgan fingerprint density at radius 2 is 2.04 bits per heavy atom. The molecular formula is C15H19FN6O2S. The fourth-order valence-corrected chi connectivity index (χ4v) is 2.81. The van der Waals surface area contributed by atoms with Crippen LogP contribution in [0.3, 0.4) is 0 Å². The predicted molar refractivity (Wildman–Crippen MR) is 94.4 cm³/mol. The van der Waals surface area contributed by atoms with Gasteiger partial charge in [0, 0.05) is 0 Å². The largest absolute Gasteiger partial charge is 0.368 e. The lowest BCUT2D eigenvalue weighted by Gasteiger charge is -2.17. The summed E-state index contributed by atoms with van der Waals surface area (Å²) in [6, 6.07) is 1.94. The van der Waals surface area contributed by atoms with E-state index < -0.39 is 23.7 Å². The van der Waals surface area contributed by atoms with E-state index in [2.05, 4.69) is 20.0 Å². The van der Waals surface area contributed by atoms with Gasteiger partial charge in [-0.2, -0.15) is 4.37 Å². The molecule has 0 fully saturated rings. The van der Waals surface area contributed by atoms with E-state index >= 15 is 0 Å². The van der Waals surface area contributed by atoms with Crippen LogP contribution in [0.5, 0.6) is 0 Å². The zero-order valence-corrected chi connectivity index (χ0v) is 14.6. The molecule has 0 aromatic carbocycles. The van der Waals surface area contributed by atoms with Gasteiger partial charge in [0.25, 0.3) is 5.91 Å². The number of primary amides is 2. The van der Waals surface area contributed by atoms with Gasteiger partial charge >= 0.3 is 0 Å². The van der Waals surface area contributed by atoms with Crippen molar-refractivity contribution in [1.29, 1.82) is 0 Å². The van der Waals surface area contributed by atoms with Crippen molar-refractivity contribution in [3.8, 4) is 0 Å². The van der Waals surface area contributed by atoms with Crippen molar-refractivity contribution in [3.05, 3.63) is 29.2 Å². The number of halogens is 1. The number of aromatic nitrogens is 2. The number of nitrogens with zero attached hydrogens (tertiary/aromatic N) is 2. The third-order valence-corrected chi connectivity index (χ3v) is 4.14. The molecule has 2 amide bonds. The smallest absolute Gasteiger partial charge is 0.252 e. The lowest BCUT2D eigenvalue weighted by Crippen LogP contribution is -2.36. The highest BCUT2D eigenvalue weighted by molar-refractivity contribution is 7.10. The van der Waals surface area contributed by atoms with Gasteiger partial charge in [-0.15, -0.1) is 0 Å². The van der Waals surface area contributed by atoms with Gasteiger partial charge in [-0.3, -0.25) is 9.59 Å². The zero-order valence-electron chi connectivity index (χ0n) is 13.8. The monoisotopic (exact) mass is 366 g/mol. The number of carbonyl (C=O) groups excluding carboxylic acids is 2. The van der Waals surface area contributed by atoms with Gasteiger partial charge in [-0.1, -0.05) is 13.3 Å². The number of hydrogen-bond donors (Lipinski definition) is 4. The Morgan fingerprint density at radius 3 is 2.56 bits per heavy atom. The van der Waals surface area contributed by atoms with E-state index in [4.69, 9.17) is 11.5 Å². The summed E-state index contributed by atoms with van der Waals surface area (Å²) >= 11 is 1.16. The fourth-order valence-electron chi connectivity index (χ4n) is 2.15. The molecule has 2 rings (SSSR count). The standard InChI is InChI=1S/C15H19FN6O2S/c1-3-4-10(13(18)24)19-15-9(16)6-8(12(17)23)14(21-15)20-11-5-7(2)22-25-11/h5-6,10H,3-4H2,1-2H3,(H2,17,23)(H2,18,24)(H2,19,20,21). The second-order valence-electron chi connectivity index (χ2n) is 5.42. The minimum absolute atomic E-state index is 0.0692. The number of hydrogen-bond acceptors (Lipinski definition) is 7. The average Bonchev–Trinajstić information content (AvgIpc) is 2.94. The Bertz CT molecular complexity index is 794. The van der Waals surface area contributed by atoms with Crippen LogP contribution in [0, 0.1) is 12.7 Å². The van der Waals surface area contributed by atoms with Crippen molar-refractivity contribution >= 4 is 40.0 Å². The molecule has 0 spiro atoms. The third-order valence-electron chi connectivity index (χ3n) is 3.34. The summed E-state index contributed by atoms with van der Waals surface area (Å²) < 4.78 is 18.4. The van der Waals surface area contributed by atoms with Crippen LogP contribution in [-0.2, 0) is 4.79 Å². The lowest BCUT2D eigenvalue weighted by molar-refractivity contribution is -0.118. The Balaban J connectivity index is 2.39. The van der Waals surface area contributed by atoms with Crippen LogP contribution in [0.2, 0.25) is 0 Å². The molecule has 1 atom stereocenters. The van der Waals surface area contributed by atoms with Gasteiger partial charge < -0.3 is 22.1 Å². The molecule has 0 saturated carbocycles. The topological polar surface area (TPSA) is 136 Å². The first-order valence-electron chi connectivity index (χ1n) is 7.58. The number of aryl methyl sites for hydroxylation is 1. The Morgan fingerprint density at radius 1 is 1.32 bits per heavy atom. The highest BCUT2D eigenvalue weighted by atomic mass is 32.1. The summed E-state index contributed by atoms with van der Waals surface area (Å²) in [6.45, 7) is 3.68. The van der Waals surface area contributed by atoms with Crippen molar-refractivity contribution in [2.75, 3.05) is 10.6 Å². The fraction of sp³-hybridized carbons (Fsp3) is 0.333. The molecule has 0 aliphatic heterocycles. The summed E-state index contributed by atoms with van der Waals surface area (Å²) in [7, 11) is 0. The highest BCUT2D eigenvalue weighted by Crippen LogP contribution is 2.26. The number of amides is 2. The first-order chi connectivity index (χ1) is 11.8. The summed E-state index contributed by atoms with van der Waals surface area (Å²) in [5, 5.41) is 6.19. The van der Waals surface area contributed by atoms with Gasteiger partial charge in [-0.05, 0) is 37.0 Å². The number of nitrogens with one attached hydrogen (secondary N) is 2. The molecule has 0 radical (unpaired) electrons. The van der Waals surface area contributed by atoms with Crippen LogP contribution < -0.4 is 22.1 Å². The van der Waals surface area contributed by atoms with E-state index in [0.717, 1.165) is 23.3 Å². The number of anilines is 3. The van der Waals surface area contributed by atoms with Gasteiger partial charge in [0.05, 0.1) is 11.3 Å². The summed E-state index contributed by atoms with van der Waals surface area (Å²) in [5.41, 5.74) is 11.3. The van der Waals surface area contributed by atoms with Gasteiger partial charge in [0.1, 0.15) is 16.9 Å². The van der Waals surface area contributed by atoms with E-state index in [9.17, 15) is 14.0 Å². The second kappa shape index (κ2) is 7.88. The molecule has 6 N–H and O–H groups in total. The van der Waals surface area contributed by atoms with E-state index in [0.29, 0.717) is 17.8 Å². The van der Waals surface area contributed by atoms with Crippen molar-refractivity contribution < 1.29 is 14.0 Å². The first kappa shape index (κ1) is 18.6. The van der Waals surface area contributed by atoms with E-state index in [1.165, 1.54) is 0 Å². The molecule has 8 nitrogen and oxygen atoms in total. The van der Waals surface area contributed by atoms with Crippen molar-refractivity contribution in [2.45, 2.75) is 32.7 Å². The molecule has 0 bridgehead atoms. The van der Waals surface area contributed by atoms with Crippen molar-refractivity contribution in [1.82, 2.24) is 9.36 Å². The van der Waals surface area contributed by atoms with Crippen molar-refractivity contribution in [2.24, 2.45) is 11.5 Å². The minimum atomic E-state index is -0.832. The molecule has 134 valence electrons. The second-order valence-corrected chi connectivity index (χ2v) is 6.23. The normalized spacial score (nSPS) is 11.8. The maximum atomic E-state index is 14.3. The van der Waals surface area contributed by atoms with Crippen LogP contribution in [0.1, 0.15) is 35.8 Å².